The standard InChI is InChI=1S/C18H15NO5/c20-10-13-4-6-16(24-13)11-3-5-14-15(8-11)18(22)19(17(14)21)9-12-2-1-7-23-12/h3-6,8,10,12H,1-2,7,9H2. The Bertz CT molecular complexity index is 832. The van der Waals surface area contributed by atoms with Gasteiger partial charge < -0.3 is 9.15 Å². The first-order valence-corrected chi connectivity index (χ1v) is 7.84. The van der Waals surface area contributed by atoms with Crippen molar-refractivity contribution in [2.75, 3.05) is 13.2 Å². The maximum Gasteiger partial charge on any atom is 0.261 e. The SMILES string of the molecule is O=Cc1ccc(-c2ccc3c(c2)C(=O)N(CC2CCCO2)C3=O)o1. The zero-order valence-electron chi connectivity index (χ0n) is 12.9. The van der Waals surface area contributed by atoms with E-state index in [0.29, 0.717) is 35.3 Å². The van der Waals surface area contributed by atoms with Gasteiger partial charge in [0.15, 0.2) is 12.0 Å². The lowest BCUT2D eigenvalue weighted by Crippen LogP contribution is -2.36. The normalized spacial score (nSPS) is 19.8. The summed E-state index contributed by atoms with van der Waals surface area (Å²) in [5.41, 5.74) is 1.41. The van der Waals surface area contributed by atoms with E-state index in [1.807, 2.05) is 0 Å². The number of fused-ring (bicyclic) bond motifs is 1. The Labute approximate surface area is 138 Å². The summed E-state index contributed by atoms with van der Waals surface area (Å²) in [7, 11) is 0. The van der Waals surface area contributed by atoms with Crippen molar-refractivity contribution in [3.8, 4) is 11.3 Å². The van der Waals surface area contributed by atoms with Crippen LogP contribution in [-0.2, 0) is 4.74 Å². The van der Waals surface area contributed by atoms with Gasteiger partial charge in [0.2, 0.25) is 0 Å². The number of carbonyl (C=O) groups is 3. The molecule has 0 aliphatic carbocycles. The summed E-state index contributed by atoms with van der Waals surface area (Å²) in [4.78, 5) is 37.1. The minimum atomic E-state index is -0.311. The molecule has 0 N–H and O–H groups in total. The number of rotatable bonds is 4. The predicted molar refractivity (Wildman–Crippen MR) is 83.9 cm³/mol. The molecule has 3 heterocycles. The van der Waals surface area contributed by atoms with Crippen LogP contribution in [0.2, 0.25) is 0 Å². The number of carbonyl (C=O) groups excluding carboxylic acids is 3. The largest absolute Gasteiger partial charge is 0.453 e. The summed E-state index contributed by atoms with van der Waals surface area (Å²) in [6.07, 6.45) is 2.36. The Morgan fingerprint density at radius 3 is 2.67 bits per heavy atom. The molecular weight excluding hydrogens is 310 g/mol. The summed E-state index contributed by atoms with van der Waals surface area (Å²) < 4.78 is 10.9. The van der Waals surface area contributed by atoms with Crippen molar-refractivity contribution in [1.82, 2.24) is 4.90 Å². The van der Waals surface area contributed by atoms with Crippen LogP contribution in [0, 0.1) is 0 Å². The molecule has 1 saturated heterocycles. The van der Waals surface area contributed by atoms with Gasteiger partial charge in [0.05, 0.1) is 23.8 Å². The fourth-order valence-electron chi connectivity index (χ4n) is 3.17. The summed E-state index contributed by atoms with van der Waals surface area (Å²) in [6.45, 7) is 0.966. The molecule has 1 atom stereocenters. The topological polar surface area (TPSA) is 76.8 Å². The molecule has 6 heteroatoms. The first kappa shape index (κ1) is 14.8. The predicted octanol–water partition coefficient (Wildman–Crippen LogP) is 2.53. The molecule has 4 rings (SSSR count). The van der Waals surface area contributed by atoms with Gasteiger partial charge in [-0.25, -0.2) is 0 Å². The van der Waals surface area contributed by atoms with E-state index in [4.69, 9.17) is 9.15 Å². The van der Waals surface area contributed by atoms with Gasteiger partial charge in [-0.15, -0.1) is 0 Å². The van der Waals surface area contributed by atoms with Crippen LogP contribution in [0.25, 0.3) is 11.3 Å². The van der Waals surface area contributed by atoms with Gasteiger partial charge in [-0.05, 0) is 37.1 Å². The molecule has 0 bridgehead atoms. The van der Waals surface area contributed by atoms with Gasteiger partial charge in [0, 0.05) is 12.2 Å². The highest BCUT2D eigenvalue weighted by Gasteiger charge is 2.37. The average molecular weight is 325 g/mol. The number of imide groups is 1. The highest BCUT2D eigenvalue weighted by Crippen LogP contribution is 2.30. The van der Waals surface area contributed by atoms with Crippen molar-refractivity contribution in [2.45, 2.75) is 18.9 Å². The third-order valence-electron chi connectivity index (χ3n) is 4.41. The molecule has 24 heavy (non-hydrogen) atoms. The van der Waals surface area contributed by atoms with Gasteiger partial charge in [-0.2, -0.15) is 0 Å². The Kier molecular flexibility index (Phi) is 3.54. The molecule has 2 aliphatic rings. The molecule has 1 aromatic heterocycles. The maximum absolute atomic E-state index is 12.6. The number of ether oxygens (including phenoxy) is 1. The van der Waals surface area contributed by atoms with Crippen molar-refractivity contribution in [2.24, 2.45) is 0 Å². The summed E-state index contributed by atoms with van der Waals surface area (Å²) in [5.74, 6) is 0.102. The first-order chi connectivity index (χ1) is 11.7. The monoisotopic (exact) mass is 325 g/mol. The lowest BCUT2D eigenvalue weighted by Gasteiger charge is -2.17. The molecular formula is C18H15NO5. The number of hydrogen-bond donors (Lipinski definition) is 0. The summed E-state index contributed by atoms with van der Waals surface area (Å²) >= 11 is 0. The minimum Gasteiger partial charge on any atom is -0.453 e. The number of hydrogen-bond acceptors (Lipinski definition) is 5. The molecule has 0 saturated carbocycles. The second-order valence-corrected chi connectivity index (χ2v) is 5.94. The second-order valence-electron chi connectivity index (χ2n) is 5.94. The Balaban J connectivity index is 1.64. The van der Waals surface area contributed by atoms with E-state index in [-0.39, 0.29) is 30.2 Å². The van der Waals surface area contributed by atoms with Crippen LogP contribution in [0.3, 0.4) is 0 Å². The van der Waals surface area contributed by atoms with E-state index >= 15 is 0 Å². The van der Waals surface area contributed by atoms with E-state index in [0.717, 1.165) is 12.8 Å². The van der Waals surface area contributed by atoms with Crippen molar-refractivity contribution < 1.29 is 23.5 Å². The average Bonchev–Trinajstić information content (AvgIpc) is 3.32. The van der Waals surface area contributed by atoms with Gasteiger partial charge in [-0.1, -0.05) is 6.07 Å². The number of benzene rings is 1. The van der Waals surface area contributed by atoms with Crippen molar-refractivity contribution in [3.05, 3.63) is 47.2 Å². The van der Waals surface area contributed by atoms with E-state index in [1.165, 1.54) is 4.90 Å². The third kappa shape index (κ3) is 2.35. The van der Waals surface area contributed by atoms with Crippen LogP contribution in [0.15, 0.2) is 34.7 Å². The van der Waals surface area contributed by atoms with E-state index < -0.39 is 0 Å². The first-order valence-electron chi connectivity index (χ1n) is 7.84. The van der Waals surface area contributed by atoms with Crippen LogP contribution < -0.4 is 0 Å². The molecule has 2 aromatic rings. The minimum absolute atomic E-state index is 0.0769. The van der Waals surface area contributed by atoms with Crippen LogP contribution in [0.1, 0.15) is 44.1 Å². The summed E-state index contributed by atoms with van der Waals surface area (Å²) in [5, 5.41) is 0. The van der Waals surface area contributed by atoms with Crippen molar-refractivity contribution in [3.63, 3.8) is 0 Å². The van der Waals surface area contributed by atoms with Gasteiger partial charge in [0.25, 0.3) is 11.8 Å². The Morgan fingerprint density at radius 2 is 1.96 bits per heavy atom. The van der Waals surface area contributed by atoms with E-state index in [2.05, 4.69) is 0 Å². The van der Waals surface area contributed by atoms with Gasteiger partial charge in [-0.3, -0.25) is 19.3 Å². The van der Waals surface area contributed by atoms with Crippen LogP contribution >= 0.6 is 0 Å². The molecule has 1 unspecified atom stereocenters. The zero-order chi connectivity index (χ0) is 16.7. The van der Waals surface area contributed by atoms with Crippen molar-refractivity contribution >= 4 is 18.1 Å². The lowest BCUT2D eigenvalue weighted by molar-refractivity contribution is 0.0475. The van der Waals surface area contributed by atoms with E-state index in [1.54, 1.807) is 30.3 Å². The van der Waals surface area contributed by atoms with Crippen LogP contribution in [0.5, 0.6) is 0 Å². The molecule has 0 spiro atoms. The smallest absolute Gasteiger partial charge is 0.261 e. The van der Waals surface area contributed by atoms with Gasteiger partial charge in [0.1, 0.15) is 5.76 Å². The van der Waals surface area contributed by atoms with E-state index in [9.17, 15) is 14.4 Å². The molecule has 1 fully saturated rings. The maximum atomic E-state index is 12.6. The van der Waals surface area contributed by atoms with Gasteiger partial charge >= 0.3 is 0 Å². The molecule has 6 nitrogen and oxygen atoms in total. The molecule has 122 valence electrons. The molecule has 2 amide bonds. The third-order valence-corrected chi connectivity index (χ3v) is 4.41. The number of aldehydes is 1. The Hall–Kier alpha value is -2.73. The fourth-order valence-corrected chi connectivity index (χ4v) is 3.17. The lowest BCUT2D eigenvalue weighted by atomic mass is 10.0. The zero-order valence-corrected chi connectivity index (χ0v) is 12.9. The Morgan fingerprint density at radius 1 is 1.12 bits per heavy atom. The summed E-state index contributed by atoms with van der Waals surface area (Å²) in [6, 6.07) is 8.21. The molecule has 0 radical (unpaired) electrons. The fraction of sp³-hybridized carbons (Fsp3) is 0.278. The van der Waals surface area contributed by atoms with Crippen LogP contribution in [0.4, 0.5) is 0 Å². The highest BCUT2D eigenvalue weighted by molar-refractivity contribution is 6.21. The van der Waals surface area contributed by atoms with Crippen molar-refractivity contribution in [1.29, 1.82) is 0 Å². The number of nitrogens with zero attached hydrogens (tertiary/aromatic N) is 1. The highest BCUT2D eigenvalue weighted by atomic mass is 16.5. The second kappa shape index (κ2) is 5.72. The number of amides is 2. The quantitative estimate of drug-likeness (QED) is 0.638. The molecule has 1 aromatic carbocycles. The molecule has 2 aliphatic heterocycles. The number of furan rings is 1. The van der Waals surface area contributed by atoms with Crippen LogP contribution in [-0.4, -0.2) is 42.3 Å².